The zero-order valence-electron chi connectivity index (χ0n) is 11.4. The third kappa shape index (κ3) is 5.90. The molecule has 0 aliphatic heterocycles. The number of amides is 1. The molecular weight excluding hydrogens is 300 g/mol. The van der Waals surface area contributed by atoms with Crippen LogP contribution in [0.25, 0.3) is 0 Å². The number of carbonyl (C=O) groups is 1. The monoisotopic (exact) mass is 318 g/mol. The van der Waals surface area contributed by atoms with Crippen LogP contribution in [0, 0.1) is 0 Å². The molecule has 0 aromatic heterocycles. The highest BCUT2D eigenvalue weighted by atomic mass is 35.5. The van der Waals surface area contributed by atoms with Crippen LogP contribution < -0.4 is 10.6 Å². The van der Waals surface area contributed by atoms with Crippen LogP contribution in [-0.2, 0) is 14.6 Å². The Morgan fingerprint density at radius 3 is 2.45 bits per heavy atom. The van der Waals surface area contributed by atoms with Crippen molar-refractivity contribution in [3.05, 3.63) is 29.3 Å². The second-order valence-corrected chi connectivity index (χ2v) is 6.88. The van der Waals surface area contributed by atoms with E-state index in [0.717, 1.165) is 13.0 Å². The van der Waals surface area contributed by atoms with Crippen LogP contribution in [0.15, 0.2) is 29.2 Å². The number of hydrogen-bond acceptors (Lipinski definition) is 4. The zero-order valence-corrected chi connectivity index (χ0v) is 12.9. The Hall–Kier alpha value is -1.11. The van der Waals surface area contributed by atoms with Gasteiger partial charge in [-0.2, -0.15) is 0 Å². The summed E-state index contributed by atoms with van der Waals surface area (Å²) < 4.78 is 24.0. The van der Waals surface area contributed by atoms with Crippen molar-refractivity contribution in [2.45, 2.75) is 17.7 Å². The summed E-state index contributed by atoms with van der Waals surface area (Å²) in [5, 5.41) is 6.04. The lowest BCUT2D eigenvalue weighted by molar-refractivity contribution is -0.121. The van der Waals surface area contributed by atoms with Gasteiger partial charge in [0.2, 0.25) is 5.91 Å². The number of hydrogen-bond donors (Lipinski definition) is 2. The van der Waals surface area contributed by atoms with Crippen molar-refractivity contribution in [2.75, 3.05) is 25.9 Å². The lowest BCUT2D eigenvalue weighted by Gasteiger charge is -2.07. The average Bonchev–Trinajstić information content (AvgIpc) is 2.39. The fourth-order valence-corrected chi connectivity index (χ4v) is 2.88. The molecule has 20 heavy (non-hydrogen) atoms. The predicted molar refractivity (Wildman–Crippen MR) is 79.7 cm³/mol. The van der Waals surface area contributed by atoms with Crippen LogP contribution >= 0.6 is 11.6 Å². The molecule has 0 atom stereocenters. The molecule has 1 amide bonds. The summed E-state index contributed by atoms with van der Waals surface area (Å²) in [6.45, 7) is 0.875. The maximum absolute atomic E-state index is 12.0. The van der Waals surface area contributed by atoms with E-state index in [9.17, 15) is 13.2 Å². The molecule has 0 fully saturated rings. The Kier molecular flexibility index (Phi) is 6.98. The topological polar surface area (TPSA) is 75.3 Å². The van der Waals surface area contributed by atoms with E-state index in [0.29, 0.717) is 11.4 Å². The van der Waals surface area contributed by atoms with Gasteiger partial charge in [0.25, 0.3) is 0 Å². The van der Waals surface area contributed by atoms with Crippen LogP contribution in [0.4, 0.5) is 0 Å². The highest BCUT2D eigenvalue weighted by Crippen LogP contribution is 2.15. The number of carbonyl (C=O) groups excluding carboxylic acids is 1. The average molecular weight is 319 g/mol. The van der Waals surface area contributed by atoms with E-state index in [-0.39, 0.29) is 23.1 Å². The molecule has 0 bridgehead atoms. The van der Waals surface area contributed by atoms with E-state index in [1.165, 1.54) is 24.3 Å². The number of halogens is 1. The van der Waals surface area contributed by atoms with Gasteiger partial charge in [-0.15, -0.1) is 0 Å². The van der Waals surface area contributed by atoms with Gasteiger partial charge in [-0.05, 0) is 44.3 Å². The lowest BCUT2D eigenvalue weighted by atomic mass is 10.3. The lowest BCUT2D eigenvalue weighted by Crippen LogP contribution is -2.29. The number of sulfone groups is 1. The van der Waals surface area contributed by atoms with Crippen LogP contribution in [-0.4, -0.2) is 40.2 Å². The van der Waals surface area contributed by atoms with Gasteiger partial charge in [0.15, 0.2) is 9.84 Å². The van der Waals surface area contributed by atoms with E-state index >= 15 is 0 Å². The Balaban J connectivity index is 2.40. The largest absolute Gasteiger partial charge is 0.355 e. The zero-order chi connectivity index (χ0) is 15.0. The second kappa shape index (κ2) is 8.24. The van der Waals surface area contributed by atoms with Crippen LogP contribution in [0.1, 0.15) is 12.8 Å². The first kappa shape index (κ1) is 16.9. The fraction of sp³-hybridized carbons (Fsp3) is 0.462. The third-order valence-electron chi connectivity index (χ3n) is 2.70. The fourth-order valence-electron chi connectivity index (χ4n) is 1.60. The molecule has 112 valence electrons. The minimum Gasteiger partial charge on any atom is -0.355 e. The Bertz CT molecular complexity index is 529. The molecule has 0 saturated heterocycles. The Morgan fingerprint density at radius 1 is 1.20 bits per heavy atom. The molecule has 0 spiro atoms. The van der Waals surface area contributed by atoms with Gasteiger partial charge in [0, 0.05) is 18.0 Å². The molecule has 1 rings (SSSR count). The molecule has 2 N–H and O–H groups in total. The van der Waals surface area contributed by atoms with Crippen molar-refractivity contribution in [2.24, 2.45) is 0 Å². The maximum atomic E-state index is 12.0. The molecule has 1 aromatic carbocycles. The third-order valence-corrected chi connectivity index (χ3v) is 4.68. The first-order chi connectivity index (χ1) is 9.45. The standard InChI is InChI=1S/C13H19ClN2O3S/c1-15-8-2-3-13(17)16-9-10-20(18,19)12-6-4-11(14)5-7-12/h4-7,15H,2-3,8-10H2,1H3,(H,16,17). The predicted octanol–water partition coefficient (Wildman–Crippen LogP) is 1.23. The van der Waals surface area contributed by atoms with Crippen molar-refractivity contribution in [3.8, 4) is 0 Å². The van der Waals surface area contributed by atoms with E-state index in [1.807, 2.05) is 7.05 Å². The summed E-state index contributed by atoms with van der Waals surface area (Å²) in [5.41, 5.74) is 0. The summed E-state index contributed by atoms with van der Waals surface area (Å²) in [7, 11) is -1.57. The van der Waals surface area contributed by atoms with Crippen LogP contribution in [0.5, 0.6) is 0 Å². The SMILES string of the molecule is CNCCCC(=O)NCCS(=O)(=O)c1ccc(Cl)cc1. The maximum Gasteiger partial charge on any atom is 0.220 e. The summed E-state index contributed by atoms with van der Waals surface area (Å²) in [6.07, 6.45) is 1.12. The minimum atomic E-state index is -3.38. The minimum absolute atomic E-state index is 0.114. The van der Waals surface area contributed by atoms with Gasteiger partial charge in [-0.1, -0.05) is 11.6 Å². The van der Waals surface area contributed by atoms with E-state index < -0.39 is 9.84 Å². The molecule has 1 aromatic rings. The smallest absolute Gasteiger partial charge is 0.220 e. The molecular formula is C13H19ClN2O3S. The van der Waals surface area contributed by atoms with Gasteiger partial charge >= 0.3 is 0 Å². The highest BCUT2D eigenvalue weighted by molar-refractivity contribution is 7.91. The molecule has 0 saturated carbocycles. The summed E-state index contributed by atoms with van der Waals surface area (Å²) in [4.78, 5) is 11.6. The highest BCUT2D eigenvalue weighted by Gasteiger charge is 2.14. The summed E-state index contributed by atoms with van der Waals surface area (Å²) >= 11 is 5.71. The molecule has 5 nitrogen and oxygen atoms in total. The summed E-state index contributed by atoms with van der Waals surface area (Å²) in [5.74, 6) is -0.251. The van der Waals surface area contributed by atoms with Crippen molar-refractivity contribution in [1.82, 2.24) is 10.6 Å². The van der Waals surface area contributed by atoms with E-state index in [1.54, 1.807) is 0 Å². The van der Waals surface area contributed by atoms with Crippen LogP contribution in [0.2, 0.25) is 5.02 Å². The quantitative estimate of drug-likeness (QED) is 0.707. The van der Waals surface area contributed by atoms with Gasteiger partial charge in [-0.25, -0.2) is 8.42 Å². The molecule has 0 heterocycles. The number of rotatable bonds is 8. The van der Waals surface area contributed by atoms with Crippen LogP contribution in [0.3, 0.4) is 0 Å². The van der Waals surface area contributed by atoms with Gasteiger partial charge in [0.05, 0.1) is 10.6 Å². The normalized spacial score (nSPS) is 11.3. The molecule has 0 radical (unpaired) electrons. The van der Waals surface area contributed by atoms with Gasteiger partial charge < -0.3 is 10.6 Å². The van der Waals surface area contributed by atoms with Gasteiger partial charge in [-0.3, -0.25) is 4.79 Å². The Labute approximate surface area is 124 Å². The molecule has 7 heteroatoms. The summed E-state index contributed by atoms with van der Waals surface area (Å²) in [6, 6.07) is 5.99. The molecule has 0 unspecified atom stereocenters. The van der Waals surface area contributed by atoms with Gasteiger partial charge in [0.1, 0.15) is 0 Å². The van der Waals surface area contributed by atoms with Crippen molar-refractivity contribution < 1.29 is 13.2 Å². The van der Waals surface area contributed by atoms with Crippen molar-refractivity contribution >= 4 is 27.3 Å². The van der Waals surface area contributed by atoms with E-state index in [4.69, 9.17) is 11.6 Å². The second-order valence-electron chi connectivity index (χ2n) is 4.33. The number of nitrogens with one attached hydrogen (secondary N) is 2. The Morgan fingerprint density at radius 2 is 1.85 bits per heavy atom. The number of benzene rings is 1. The van der Waals surface area contributed by atoms with Crippen molar-refractivity contribution in [3.63, 3.8) is 0 Å². The van der Waals surface area contributed by atoms with E-state index in [2.05, 4.69) is 10.6 Å². The first-order valence-corrected chi connectivity index (χ1v) is 8.38. The molecule has 0 aliphatic carbocycles. The molecule has 0 aliphatic rings. The van der Waals surface area contributed by atoms with Crippen molar-refractivity contribution in [1.29, 1.82) is 0 Å². The first-order valence-electron chi connectivity index (χ1n) is 6.35.